The Bertz CT molecular complexity index is 467. The Kier molecular flexibility index (Phi) is 3.07. The van der Waals surface area contributed by atoms with Crippen LogP contribution in [0.1, 0.15) is 18.7 Å². The molecule has 17 heavy (non-hydrogen) atoms. The van der Waals surface area contributed by atoms with Crippen LogP contribution in [0.15, 0.2) is 6.20 Å². The van der Waals surface area contributed by atoms with Crippen LogP contribution in [0.4, 0.5) is 18.9 Å². The second-order valence-electron chi connectivity index (χ2n) is 3.11. The number of carboxylic acids is 1. The highest BCUT2D eigenvalue weighted by atomic mass is 19.4. The maximum absolute atomic E-state index is 12.4. The molecule has 0 aliphatic heterocycles. The molecule has 0 saturated heterocycles. The fraction of sp³-hybridized carbons (Fsp3) is 0.429. The molecule has 0 bridgehead atoms. The van der Waals surface area contributed by atoms with E-state index < -0.39 is 34.5 Å². The predicted octanol–water partition coefficient (Wildman–Crippen LogP) is 1.46. The van der Waals surface area contributed by atoms with Gasteiger partial charge in [0.05, 0.1) is 4.92 Å². The van der Waals surface area contributed by atoms with E-state index in [-0.39, 0.29) is 0 Å². The number of hydrogen-bond donors (Lipinski definition) is 1. The quantitative estimate of drug-likeness (QED) is 0.649. The zero-order valence-corrected chi connectivity index (χ0v) is 8.30. The number of carboxylic acid groups (broad SMARTS) is 1. The van der Waals surface area contributed by atoms with Crippen molar-refractivity contribution in [2.75, 3.05) is 0 Å². The number of aliphatic carboxylic acids is 1. The summed E-state index contributed by atoms with van der Waals surface area (Å²) in [5.74, 6) is -1.45. The molecular weight excluding hydrogens is 247 g/mol. The van der Waals surface area contributed by atoms with Crippen molar-refractivity contribution in [3.63, 3.8) is 0 Å². The average molecular weight is 253 g/mol. The summed E-state index contributed by atoms with van der Waals surface area (Å²) < 4.78 is 37.5. The summed E-state index contributed by atoms with van der Waals surface area (Å²) >= 11 is 0. The van der Waals surface area contributed by atoms with Gasteiger partial charge in [-0.3, -0.25) is 14.8 Å². The van der Waals surface area contributed by atoms with Gasteiger partial charge in [-0.2, -0.15) is 18.3 Å². The second kappa shape index (κ2) is 4.03. The largest absolute Gasteiger partial charge is 0.480 e. The van der Waals surface area contributed by atoms with Gasteiger partial charge < -0.3 is 5.11 Å². The molecule has 1 heterocycles. The lowest BCUT2D eigenvalue weighted by molar-refractivity contribution is -0.388. The van der Waals surface area contributed by atoms with E-state index in [0.717, 1.165) is 6.92 Å². The number of rotatable bonds is 3. The van der Waals surface area contributed by atoms with Gasteiger partial charge in [-0.05, 0) is 6.92 Å². The normalized spacial score (nSPS) is 13.4. The molecule has 1 aromatic rings. The van der Waals surface area contributed by atoms with Gasteiger partial charge in [0.15, 0.2) is 0 Å². The lowest BCUT2D eigenvalue weighted by atomic mass is 10.3. The third-order valence-corrected chi connectivity index (χ3v) is 1.93. The predicted molar refractivity (Wildman–Crippen MR) is 46.2 cm³/mol. The number of nitrogens with zero attached hydrogens (tertiary/aromatic N) is 3. The summed E-state index contributed by atoms with van der Waals surface area (Å²) in [7, 11) is 0. The van der Waals surface area contributed by atoms with Crippen molar-refractivity contribution >= 4 is 11.7 Å². The molecule has 10 heteroatoms. The van der Waals surface area contributed by atoms with Crippen LogP contribution in [0.25, 0.3) is 0 Å². The van der Waals surface area contributed by atoms with Gasteiger partial charge in [0.2, 0.25) is 5.69 Å². The van der Waals surface area contributed by atoms with Crippen LogP contribution in [0, 0.1) is 10.1 Å². The average Bonchev–Trinajstić information content (AvgIpc) is 2.59. The molecule has 0 saturated carbocycles. The smallest absolute Gasteiger partial charge is 0.442 e. The van der Waals surface area contributed by atoms with Crippen LogP contribution in [0.5, 0.6) is 0 Å². The van der Waals surface area contributed by atoms with Gasteiger partial charge in [-0.25, -0.2) is 4.79 Å². The van der Waals surface area contributed by atoms with Crippen LogP contribution < -0.4 is 0 Å². The highest BCUT2D eigenvalue weighted by Crippen LogP contribution is 2.35. The van der Waals surface area contributed by atoms with E-state index in [1.54, 1.807) is 0 Å². The Balaban J connectivity index is 3.32. The number of hydrogen-bond acceptors (Lipinski definition) is 4. The third kappa shape index (κ3) is 2.52. The van der Waals surface area contributed by atoms with E-state index in [1.807, 2.05) is 0 Å². The molecule has 1 rings (SSSR count). The van der Waals surface area contributed by atoms with E-state index in [1.165, 1.54) is 0 Å². The molecule has 0 amide bonds. The minimum Gasteiger partial charge on any atom is -0.480 e. The molecule has 1 N–H and O–H groups in total. The number of aromatic nitrogens is 2. The van der Waals surface area contributed by atoms with Gasteiger partial charge >= 0.3 is 17.8 Å². The molecule has 0 spiro atoms. The maximum Gasteiger partial charge on any atom is 0.442 e. The zero-order valence-electron chi connectivity index (χ0n) is 8.30. The summed E-state index contributed by atoms with van der Waals surface area (Å²) in [4.78, 5) is 19.6. The summed E-state index contributed by atoms with van der Waals surface area (Å²) in [6.45, 7) is 1.05. The number of nitro groups is 1. The van der Waals surface area contributed by atoms with Crippen molar-refractivity contribution in [3.05, 3.63) is 22.0 Å². The van der Waals surface area contributed by atoms with Crippen LogP contribution in [0.3, 0.4) is 0 Å². The number of halogens is 3. The Morgan fingerprint density at radius 1 is 1.65 bits per heavy atom. The van der Waals surface area contributed by atoms with E-state index in [2.05, 4.69) is 5.10 Å². The van der Waals surface area contributed by atoms with Gasteiger partial charge in [0.1, 0.15) is 12.2 Å². The third-order valence-electron chi connectivity index (χ3n) is 1.93. The van der Waals surface area contributed by atoms with Crippen LogP contribution in [0.2, 0.25) is 0 Å². The first-order valence-corrected chi connectivity index (χ1v) is 4.18. The molecule has 1 unspecified atom stereocenters. The van der Waals surface area contributed by atoms with Crippen molar-refractivity contribution in [3.8, 4) is 0 Å². The monoisotopic (exact) mass is 253 g/mol. The summed E-state index contributed by atoms with van der Waals surface area (Å²) in [5.41, 5.74) is -2.98. The highest BCUT2D eigenvalue weighted by Gasteiger charge is 2.43. The Hall–Kier alpha value is -2.13. The molecule has 0 fully saturated rings. The van der Waals surface area contributed by atoms with Crippen molar-refractivity contribution in [1.82, 2.24) is 9.78 Å². The Morgan fingerprint density at radius 2 is 2.18 bits per heavy atom. The highest BCUT2D eigenvalue weighted by molar-refractivity contribution is 5.71. The maximum atomic E-state index is 12.4. The summed E-state index contributed by atoms with van der Waals surface area (Å²) in [6, 6.07) is -1.43. The second-order valence-corrected chi connectivity index (χ2v) is 3.11. The minimum absolute atomic E-state index is 0.392. The van der Waals surface area contributed by atoms with Crippen molar-refractivity contribution in [1.29, 1.82) is 0 Å². The van der Waals surface area contributed by atoms with Crippen LogP contribution >= 0.6 is 0 Å². The van der Waals surface area contributed by atoms with Crippen molar-refractivity contribution in [2.45, 2.75) is 19.1 Å². The molecule has 1 aromatic heterocycles. The molecule has 0 aliphatic carbocycles. The molecule has 94 valence electrons. The number of carbonyl (C=O) groups is 1. The first-order valence-electron chi connectivity index (χ1n) is 4.18. The van der Waals surface area contributed by atoms with Gasteiger partial charge in [0, 0.05) is 0 Å². The summed E-state index contributed by atoms with van der Waals surface area (Å²) in [6.07, 6.45) is -4.56. The molecular formula is C7H6F3N3O4. The molecule has 7 nitrogen and oxygen atoms in total. The summed E-state index contributed by atoms with van der Waals surface area (Å²) in [5, 5.41) is 21.8. The van der Waals surface area contributed by atoms with Crippen LogP contribution in [-0.4, -0.2) is 25.8 Å². The van der Waals surface area contributed by atoms with Gasteiger partial charge in [0.25, 0.3) is 0 Å². The first-order chi connectivity index (χ1) is 7.64. The molecule has 0 aromatic carbocycles. The fourth-order valence-corrected chi connectivity index (χ4v) is 1.03. The number of alkyl halides is 3. The first kappa shape index (κ1) is 12.9. The standard InChI is InChI=1S/C7H6F3N3O4/c1-3(6(14)15)12-2-4(13(16)17)5(11-12)7(8,9)10/h2-3H,1H3,(H,14,15). The molecule has 0 aliphatic rings. The van der Waals surface area contributed by atoms with Gasteiger partial charge in [-0.15, -0.1) is 0 Å². The van der Waals surface area contributed by atoms with Gasteiger partial charge in [-0.1, -0.05) is 0 Å². The molecule has 0 radical (unpaired) electrons. The van der Waals surface area contributed by atoms with Crippen molar-refractivity contribution in [2.24, 2.45) is 0 Å². The topological polar surface area (TPSA) is 98.3 Å². The molecule has 1 atom stereocenters. The van der Waals surface area contributed by atoms with Crippen LogP contribution in [-0.2, 0) is 11.0 Å². The SMILES string of the molecule is CC(C(=O)O)n1cc([N+](=O)[O-])c(C(F)(F)F)n1. The minimum atomic E-state index is -5.01. The lowest BCUT2D eigenvalue weighted by Crippen LogP contribution is -2.17. The van der Waals surface area contributed by atoms with E-state index in [4.69, 9.17) is 5.11 Å². The van der Waals surface area contributed by atoms with Crippen molar-refractivity contribution < 1.29 is 28.0 Å². The lowest BCUT2D eigenvalue weighted by Gasteiger charge is -2.05. The zero-order chi connectivity index (χ0) is 13.4. The van der Waals surface area contributed by atoms with E-state index in [9.17, 15) is 28.1 Å². The fourth-order valence-electron chi connectivity index (χ4n) is 1.03. The van der Waals surface area contributed by atoms with E-state index in [0.29, 0.717) is 10.9 Å². The Morgan fingerprint density at radius 3 is 2.47 bits per heavy atom. The Labute approximate surface area is 91.6 Å². The van der Waals surface area contributed by atoms with E-state index >= 15 is 0 Å².